The average molecular weight is 483 g/mol. The molecule has 0 radical (unpaired) electrons. The number of esters is 1. The van der Waals surface area contributed by atoms with Gasteiger partial charge in [-0.2, -0.15) is 0 Å². The van der Waals surface area contributed by atoms with Crippen LogP contribution in [0.25, 0.3) is 11.0 Å². The van der Waals surface area contributed by atoms with Gasteiger partial charge >= 0.3 is 5.97 Å². The number of rotatable bonds is 8. The van der Waals surface area contributed by atoms with Crippen LogP contribution in [0.1, 0.15) is 28.6 Å². The first kappa shape index (κ1) is 24.7. The van der Waals surface area contributed by atoms with Crippen molar-refractivity contribution in [3.8, 4) is 17.2 Å². The molecule has 0 saturated carbocycles. The molecule has 1 fully saturated rings. The summed E-state index contributed by atoms with van der Waals surface area (Å²) in [4.78, 5) is 29.5. The Bertz CT molecular complexity index is 1250. The molecule has 0 bridgehead atoms. The predicted octanol–water partition coefficient (Wildman–Crippen LogP) is 2.89. The molecule has 0 aliphatic carbocycles. The molecule has 9 heteroatoms. The number of aliphatic hydroxyl groups is 1. The summed E-state index contributed by atoms with van der Waals surface area (Å²) in [5, 5.41) is 20.0. The summed E-state index contributed by atoms with van der Waals surface area (Å²) in [5.74, 6) is 0.364. The molecule has 0 unspecified atom stereocenters. The van der Waals surface area contributed by atoms with Crippen molar-refractivity contribution in [3.05, 3.63) is 63.5 Å². The quantitative estimate of drug-likeness (QED) is 0.468. The Hall–Kier alpha value is -3.40. The number of hydrogen-bond acceptors (Lipinski definition) is 9. The topological polar surface area (TPSA) is 113 Å². The molecule has 2 aromatic carbocycles. The van der Waals surface area contributed by atoms with Crippen molar-refractivity contribution < 1.29 is 28.9 Å². The van der Waals surface area contributed by atoms with E-state index in [0.717, 1.165) is 26.2 Å². The van der Waals surface area contributed by atoms with Gasteiger partial charge in [0.25, 0.3) is 0 Å². The van der Waals surface area contributed by atoms with Gasteiger partial charge in [-0.25, -0.2) is 4.79 Å². The van der Waals surface area contributed by atoms with Gasteiger partial charge in [-0.3, -0.25) is 14.6 Å². The van der Waals surface area contributed by atoms with E-state index in [0.29, 0.717) is 40.9 Å². The minimum Gasteiger partial charge on any atom is -0.507 e. The summed E-state index contributed by atoms with van der Waals surface area (Å²) in [5.41, 5.74) is 0.949. The first-order valence-electron chi connectivity index (χ1n) is 11.7. The highest BCUT2D eigenvalue weighted by molar-refractivity contribution is 5.89. The van der Waals surface area contributed by atoms with Crippen LogP contribution in [0.15, 0.2) is 45.6 Å². The normalized spacial score (nSPS) is 14.8. The third kappa shape index (κ3) is 5.48. The molecule has 9 nitrogen and oxygen atoms in total. The molecular weight excluding hydrogens is 452 g/mol. The van der Waals surface area contributed by atoms with Crippen LogP contribution < -0.4 is 10.2 Å². The van der Waals surface area contributed by atoms with E-state index in [1.165, 1.54) is 12.1 Å². The van der Waals surface area contributed by atoms with Crippen LogP contribution in [-0.4, -0.2) is 71.9 Å². The summed E-state index contributed by atoms with van der Waals surface area (Å²) < 4.78 is 16.8. The second-order valence-electron chi connectivity index (χ2n) is 8.44. The minimum absolute atomic E-state index is 0.0515. The van der Waals surface area contributed by atoms with E-state index in [4.69, 9.17) is 19.0 Å². The molecule has 1 aliphatic heterocycles. The van der Waals surface area contributed by atoms with Crippen molar-refractivity contribution in [2.45, 2.75) is 20.4 Å². The molecule has 1 saturated heterocycles. The third-order valence-electron chi connectivity index (χ3n) is 6.11. The minimum atomic E-state index is -0.428. The lowest BCUT2D eigenvalue weighted by molar-refractivity contribution is 0.0526. The number of aryl methyl sites for hydroxylation is 1. The fraction of sp³-hybridized carbons (Fsp3) is 0.385. The summed E-state index contributed by atoms with van der Waals surface area (Å²) in [7, 11) is 0. The lowest BCUT2D eigenvalue weighted by atomic mass is 10.1. The molecule has 1 aromatic heterocycles. The number of carbonyl (C=O) groups excluding carboxylic acids is 1. The number of piperazine rings is 1. The van der Waals surface area contributed by atoms with Crippen molar-refractivity contribution in [1.82, 2.24) is 9.80 Å². The Labute approximate surface area is 203 Å². The number of hydrogen-bond donors (Lipinski definition) is 2. The SMILES string of the molecule is CCOC(=O)c1ccc(Oc2c(C)oc3c(CN4CCN(CCO)CC4)c(O)ccc3c2=O)cc1. The Morgan fingerprint density at radius 2 is 1.74 bits per heavy atom. The zero-order chi connectivity index (χ0) is 24.9. The average Bonchev–Trinajstić information content (AvgIpc) is 2.85. The first-order valence-corrected chi connectivity index (χ1v) is 11.7. The maximum absolute atomic E-state index is 13.3. The van der Waals surface area contributed by atoms with E-state index >= 15 is 0 Å². The van der Waals surface area contributed by atoms with Crippen LogP contribution in [0.4, 0.5) is 0 Å². The highest BCUT2D eigenvalue weighted by Crippen LogP contribution is 2.32. The Morgan fingerprint density at radius 3 is 2.40 bits per heavy atom. The standard InChI is InChI=1S/C26H30N2O7/c1-3-33-26(32)18-4-6-19(7-5-18)35-24-17(2)34-25-20(23(24)31)8-9-22(30)21(25)16-28-12-10-27(11-13-28)14-15-29/h4-9,29-30H,3,10-16H2,1-2H3. The first-order chi connectivity index (χ1) is 16.9. The zero-order valence-electron chi connectivity index (χ0n) is 20.0. The van der Waals surface area contributed by atoms with Crippen LogP contribution in [0.2, 0.25) is 0 Å². The van der Waals surface area contributed by atoms with Crippen LogP contribution in [0.3, 0.4) is 0 Å². The number of nitrogens with zero attached hydrogens (tertiary/aromatic N) is 2. The number of carbonyl (C=O) groups is 1. The fourth-order valence-electron chi connectivity index (χ4n) is 4.19. The molecular formula is C26H30N2O7. The fourth-order valence-corrected chi connectivity index (χ4v) is 4.19. The number of benzene rings is 2. The molecule has 186 valence electrons. The number of fused-ring (bicyclic) bond motifs is 1. The number of phenolic OH excluding ortho intramolecular Hbond substituents is 1. The van der Waals surface area contributed by atoms with Gasteiger partial charge in [-0.05, 0) is 50.2 Å². The Morgan fingerprint density at radius 1 is 1.06 bits per heavy atom. The van der Waals surface area contributed by atoms with Gasteiger partial charge in [0.2, 0.25) is 11.2 Å². The van der Waals surface area contributed by atoms with E-state index in [9.17, 15) is 14.7 Å². The van der Waals surface area contributed by atoms with Gasteiger partial charge in [0, 0.05) is 39.3 Å². The number of β-amino-alcohol motifs (C(OH)–C–C–N with tert-alkyl or cyclic N) is 1. The molecule has 2 N–H and O–H groups in total. The van der Waals surface area contributed by atoms with E-state index in [-0.39, 0.29) is 35.9 Å². The van der Waals surface area contributed by atoms with Gasteiger partial charge in [-0.15, -0.1) is 0 Å². The monoisotopic (exact) mass is 482 g/mol. The molecule has 4 rings (SSSR count). The number of aliphatic hydroxyl groups excluding tert-OH is 1. The van der Waals surface area contributed by atoms with Crippen LogP contribution in [0, 0.1) is 6.92 Å². The molecule has 2 heterocycles. The van der Waals surface area contributed by atoms with Crippen molar-refractivity contribution in [2.75, 3.05) is 45.9 Å². The van der Waals surface area contributed by atoms with E-state index < -0.39 is 5.97 Å². The van der Waals surface area contributed by atoms with Gasteiger partial charge < -0.3 is 24.1 Å². The summed E-state index contributed by atoms with van der Waals surface area (Å²) in [6.45, 7) is 8.09. The van der Waals surface area contributed by atoms with Crippen LogP contribution in [0.5, 0.6) is 17.2 Å². The van der Waals surface area contributed by atoms with E-state index in [2.05, 4.69) is 9.80 Å². The van der Waals surface area contributed by atoms with Crippen molar-refractivity contribution in [3.63, 3.8) is 0 Å². The number of ether oxygens (including phenoxy) is 2. The summed E-state index contributed by atoms with van der Waals surface area (Å²) in [6, 6.07) is 9.37. The maximum atomic E-state index is 13.3. The van der Waals surface area contributed by atoms with Gasteiger partial charge in [0.15, 0.2) is 0 Å². The number of phenols is 1. The summed E-state index contributed by atoms with van der Waals surface area (Å²) >= 11 is 0. The van der Waals surface area contributed by atoms with Crippen LogP contribution >= 0.6 is 0 Å². The van der Waals surface area contributed by atoms with E-state index in [1.807, 2.05) is 0 Å². The lowest BCUT2D eigenvalue weighted by Gasteiger charge is -2.34. The summed E-state index contributed by atoms with van der Waals surface area (Å²) in [6.07, 6.45) is 0. The van der Waals surface area contributed by atoms with Gasteiger partial charge in [0.1, 0.15) is 22.8 Å². The smallest absolute Gasteiger partial charge is 0.338 e. The predicted molar refractivity (Wildman–Crippen MR) is 130 cm³/mol. The second kappa shape index (κ2) is 10.9. The highest BCUT2D eigenvalue weighted by atomic mass is 16.5. The lowest BCUT2D eigenvalue weighted by Crippen LogP contribution is -2.46. The Kier molecular flexibility index (Phi) is 7.70. The molecule has 35 heavy (non-hydrogen) atoms. The third-order valence-corrected chi connectivity index (χ3v) is 6.11. The molecule has 0 atom stereocenters. The highest BCUT2D eigenvalue weighted by Gasteiger charge is 2.22. The Balaban J connectivity index is 1.59. The maximum Gasteiger partial charge on any atom is 0.338 e. The largest absolute Gasteiger partial charge is 0.507 e. The van der Waals surface area contributed by atoms with Crippen LogP contribution in [-0.2, 0) is 11.3 Å². The molecule has 0 amide bonds. The molecule has 3 aromatic rings. The number of aromatic hydroxyl groups is 1. The zero-order valence-corrected chi connectivity index (χ0v) is 20.0. The van der Waals surface area contributed by atoms with Crippen molar-refractivity contribution in [1.29, 1.82) is 0 Å². The van der Waals surface area contributed by atoms with Gasteiger partial charge in [0.05, 0.1) is 29.7 Å². The molecule has 1 aliphatic rings. The molecule has 0 spiro atoms. The van der Waals surface area contributed by atoms with Crippen molar-refractivity contribution >= 4 is 16.9 Å². The second-order valence-corrected chi connectivity index (χ2v) is 8.44. The van der Waals surface area contributed by atoms with Gasteiger partial charge in [-0.1, -0.05) is 0 Å². The van der Waals surface area contributed by atoms with Crippen molar-refractivity contribution in [2.24, 2.45) is 0 Å². The van der Waals surface area contributed by atoms with E-state index in [1.54, 1.807) is 38.1 Å².